The van der Waals surface area contributed by atoms with Crippen LogP contribution in [-0.4, -0.2) is 36.5 Å². The van der Waals surface area contributed by atoms with Crippen molar-refractivity contribution in [2.75, 3.05) is 13.4 Å². The average molecular weight is 352 g/mol. The maximum absolute atomic E-state index is 11.6. The Bertz CT molecular complexity index is 799. The lowest BCUT2D eigenvalue weighted by Gasteiger charge is -2.14. The summed E-state index contributed by atoms with van der Waals surface area (Å²) >= 11 is 0. The van der Waals surface area contributed by atoms with Crippen molar-refractivity contribution in [2.24, 2.45) is 5.92 Å². The molecule has 0 fully saturated rings. The molecule has 0 unspecified atom stereocenters. The van der Waals surface area contributed by atoms with Crippen molar-refractivity contribution in [1.82, 2.24) is 19.5 Å². The lowest BCUT2D eigenvalue weighted by Crippen LogP contribution is -2.27. The van der Waals surface area contributed by atoms with Gasteiger partial charge in [0.05, 0.1) is 19.4 Å². The number of nitrogens with one attached hydrogen (secondary N) is 1. The van der Waals surface area contributed by atoms with Crippen LogP contribution in [0, 0.1) is 5.92 Å². The van der Waals surface area contributed by atoms with Gasteiger partial charge < -0.3 is 4.74 Å². The van der Waals surface area contributed by atoms with E-state index in [1.54, 1.807) is 18.7 Å². The maximum Gasteiger partial charge on any atom is 0.209 e. The SMILES string of the molecule is COc1ccccc1-n1nc(CC(C)C)nc1[C@H](C)NS(C)(=O)=O. The molecule has 1 aromatic carbocycles. The van der Waals surface area contributed by atoms with Gasteiger partial charge in [-0.15, -0.1) is 0 Å². The molecule has 7 nitrogen and oxygen atoms in total. The molecule has 24 heavy (non-hydrogen) atoms. The lowest BCUT2D eigenvalue weighted by molar-refractivity contribution is 0.410. The number of hydrogen-bond acceptors (Lipinski definition) is 5. The maximum atomic E-state index is 11.6. The van der Waals surface area contributed by atoms with Crippen LogP contribution in [0.1, 0.15) is 38.5 Å². The minimum absolute atomic E-state index is 0.393. The highest BCUT2D eigenvalue weighted by Gasteiger charge is 2.22. The van der Waals surface area contributed by atoms with Gasteiger partial charge in [0.25, 0.3) is 0 Å². The molecule has 0 aliphatic carbocycles. The summed E-state index contributed by atoms with van der Waals surface area (Å²) in [5.74, 6) is 2.24. The molecule has 132 valence electrons. The molecule has 0 bridgehead atoms. The second-order valence-corrected chi connectivity index (χ2v) is 7.96. The van der Waals surface area contributed by atoms with Crippen molar-refractivity contribution in [3.05, 3.63) is 35.9 Å². The van der Waals surface area contributed by atoms with E-state index in [1.165, 1.54) is 0 Å². The van der Waals surface area contributed by atoms with E-state index in [-0.39, 0.29) is 0 Å². The molecule has 0 radical (unpaired) electrons. The van der Waals surface area contributed by atoms with Gasteiger partial charge in [-0.1, -0.05) is 26.0 Å². The number of aromatic nitrogens is 3. The van der Waals surface area contributed by atoms with Crippen LogP contribution < -0.4 is 9.46 Å². The van der Waals surface area contributed by atoms with E-state index < -0.39 is 16.1 Å². The summed E-state index contributed by atoms with van der Waals surface area (Å²) < 4.78 is 32.8. The summed E-state index contributed by atoms with van der Waals surface area (Å²) in [7, 11) is -1.78. The summed E-state index contributed by atoms with van der Waals surface area (Å²) in [4.78, 5) is 4.56. The van der Waals surface area contributed by atoms with Crippen molar-refractivity contribution >= 4 is 10.0 Å². The molecule has 0 saturated carbocycles. The number of methoxy groups -OCH3 is 1. The number of ether oxygens (including phenoxy) is 1. The largest absolute Gasteiger partial charge is 0.494 e. The minimum atomic E-state index is -3.36. The van der Waals surface area contributed by atoms with E-state index in [0.29, 0.717) is 29.7 Å². The lowest BCUT2D eigenvalue weighted by atomic mass is 10.1. The first-order valence-corrected chi connectivity index (χ1v) is 9.67. The van der Waals surface area contributed by atoms with Gasteiger partial charge in [0.1, 0.15) is 11.4 Å². The standard InChI is InChI=1S/C16H24N4O3S/c1-11(2)10-15-17-16(12(3)19-24(5,21)22)20(18-15)13-8-6-7-9-14(13)23-4/h6-9,11-12,19H,10H2,1-5H3/t12-/m0/s1. The zero-order chi connectivity index (χ0) is 17.9. The van der Waals surface area contributed by atoms with Crippen molar-refractivity contribution < 1.29 is 13.2 Å². The summed E-state index contributed by atoms with van der Waals surface area (Å²) in [6.45, 7) is 5.92. The van der Waals surface area contributed by atoms with Crippen LogP contribution in [0.2, 0.25) is 0 Å². The van der Waals surface area contributed by atoms with E-state index in [2.05, 4.69) is 28.7 Å². The van der Waals surface area contributed by atoms with E-state index >= 15 is 0 Å². The van der Waals surface area contributed by atoms with Gasteiger partial charge in [-0.3, -0.25) is 0 Å². The monoisotopic (exact) mass is 352 g/mol. The summed E-state index contributed by atoms with van der Waals surface area (Å²) in [6.07, 6.45) is 1.84. The topological polar surface area (TPSA) is 86.1 Å². The number of rotatable bonds is 7. The number of hydrogen-bond donors (Lipinski definition) is 1. The van der Waals surface area contributed by atoms with Gasteiger partial charge >= 0.3 is 0 Å². The van der Waals surface area contributed by atoms with Crippen molar-refractivity contribution in [3.8, 4) is 11.4 Å². The van der Waals surface area contributed by atoms with Crippen molar-refractivity contribution in [1.29, 1.82) is 0 Å². The number of para-hydroxylation sites is 2. The van der Waals surface area contributed by atoms with Gasteiger partial charge in [-0.25, -0.2) is 22.8 Å². The number of nitrogens with zero attached hydrogens (tertiary/aromatic N) is 3. The average Bonchev–Trinajstić information content (AvgIpc) is 2.88. The molecular formula is C16H24N4O3S. The van der Waals surface area contributed by atoms with Gasteiger partial charge in [0.2, 0.25) is 10.0 Å². The molecular weight excluding hydrogens is 328 g/mol. The van der Waals surface area contributed by atoms with Crippen LogP contribution in [0.25, 0.3) is 5.69 Å². The highest BCUT2D eigenvalue weighted by molar-refractivity contribution is 7.88. The van der Waals surface area contributed by atoms with Crippen LogP contribution in [0.15, 0.2) is 24.3 Å². The molecule has 2 aromatic rings. The molecule has 1 aromatic heterocycles. The predicted octanol–water partition coefficient (Wildman–Crippen LogP) is 2.08. The Morgan fingerprint density at radius 3 is 2.50 bits per heavy atom. The molecule has 0 amide bonds. The molecule has 2 rings (SSSR count). The fourth-order valence-corrected chi connectivity index (χ4v) is 3.20. The van der Waals surface area contributed by atoms with Gasteiger partial charge in [0, 0.05) is 6.42 Å². The first-order valence-electron chi connectivity index (χ1n) is 7.77. The molecule has 0 aliphatic rings. The zero-order valence-electron chi connectivity index (χ0n) is 14.6. The van der Waals surface area contributed by atoms with E-state index in [0.717, 1.165) is 11.9 Å². The Labute approximate surface area is 143 Å². The second-order valence-electron chi connectivity index (χ2n) is 6.18. The fourth-order valence-electron chi connectivity index (χ4n) is 2.46. The smallest absolute Gasteiger partial charge is 0.209 e. The third-order valence-electron chi connectivity index (χ3n) is 3.36. The molecule has 1 heterocycles. The Balaban J connectivity index is 2.53. The van der Waals surface area contributed by atoms with E-state index in [1.807, 2.05) is 24.3 Å². The van der Waals surface area contributed by atoms with Gasteiger partial charge in [-0.2, -0.15) is 5.10 Å². The molecule has 0 spiro atoms. The minimum Gasteiger partial charge on any atom is -0.494 e. The van der Waals surface area contributed by atoms with Gasteiger partial charge in [-0.05, 0) is 25.0 Å². The first kappa shape index (κ1) is 18.4. The van der Waals surface area contributed by atoms with Crippen LogP contribution in [0.3, 0.4) is 0 Å². The third kappa shape index (κ3) is 4.55. The fraction of sp³-hybridized carbons (Fsp3) is 0.500. The predicted molar refractivity (Wildman–Crippen MR) is 92.8 cm³/mol. The van der Waals surface area contributed by atoms with Crippen LogP contribution in [-0.2, 0) is 16.4 Å². The number of sulfonamides is 1. The Morgan fingerprint density at radius 2 is 1.92 bits per heavy atom. The van der Waals surface area contributed by atoms with Crippen LogP contribution in [0.5, 0.6) is 5.75 Å². The summed E-state index contributed by atoms with van der Waals surface area (Å²) in [5, 5.41) is 4.57. The Morgan fingerprint density at radius 1 is 1.25 bits per heavy atom. The Kier molecular flexibility index (Phi) is 5.61. The van der Waals surface area contributed by atoms with Crippen LogP contribution in [0.4, 0.5) is 0 Å². The molecule has 1 atom stereocenters. The summed E-state index contributed by atoms with van der Waals surface area (Å²) in [6, 6.07) is 6.92. The van der Waals surface area contributed by atoms with Crippen molar-refractivity contribution in [3.63, 3.8) is 0 Å². The first-order chi connectivity index (χ1) is 11.2. The molecule has 8 heteroatoms. The highest BCUT2D eigenvalue weighted by Crippen LogP contribution is 2.25. The molecule has 0 aliphatic heterocycles. The van der Waals surface area contributed by atoms with Crippen LogP contribution >= 0.6 is 0 Å². The van der Waals surface area contributed by atoms with E-state index in [9.17, 15) is 8.42 Å². The van der Waals surface area contributed by atoms with Gasteiger partial charge in [0.15, 0.2) is 11.6 Å². The summed E-state index contributed by atoms with van der Waals surface area (Å²) in [5.41, 5.74) is 0.722. The zero-order valence-corrected chi connectivity index (χ0v) is 15.5. The molecule has 1 N–H and O–H groups in total. The number of benzene rings is 1. The quantitative estimate of drug-likeness (QED) is 0.824. The highest BCUT2D eigenvalue weighted by atomic mass is 32.2. The van der Waals surface area contributed by atoms with Crippen molar-refractivity contribution in [2.45, 2.75) is 33.2 Å². The third-order valence-corrected chi connectivity index (χ3v) is 4.14. The second kappa shape index (κ2) is 7.31. The Hall–Kier alpha value is -1.93. The van der Waals surface area contributed by atoms with E-state index in [4.69, 9.17) is 4.74 Å². The normalized spacial score (nSPS) is 13.2. The molecule has 0 saturated heterocycles.